The first-order valence-electron chi connectivity index (χ1n) is 5.61. The van der Waals surface area contributed by atoms with Gasteiger partial charge in [-0.15, -0.1) is 0 Å². The average molecular weight is 260 g/mol. The summed E-state index contributed by atoms with van der Waals surface area (Å²) in [5, 5.41) is 0. The van der Waals surface area contributed by atoms with Gasteiger partial charge in [0.1, 0.15) is 13.3 Å². The lowest BCUT2D eigenvalue weighted by Crippen LogP contribution is -2.04. The molecule has 1 rings (SSSR count). The summed E-state index contributed by atoms with van der Waals surface area (Å²) in [6.45, 7) is 1.04. The Morgan fingerprint density at radius 2 is 1.61 bits per heavy atom. The molecule has 0 heterocycles. The lowest BCUT2D eigenvalue weighted by Gasteiger charge is -2.10. The zero-order valence-electron chi connectivity index (χ0n) is 10.1. The molecule has 100 valence electrons. The van der Waals surface area contributed by atoms with Crippen molar-refractivity contribution in [1.29, 1.82) is 0 Å². The molecule has 0 radical (unpaired) electrons. The summed E-state index contributed by atoms with van der Waals surface area (Å²) in [6.07, 6.45) is 4.30. The largest absolute Gasteiger partial charge is 0.490 e. The van der Waals surface area contributed by atoms with E-state index in [0.29, 0.717) is 6.42 Å². The van der Waals surface area contributed by atoms with Crippen LogP contribution < -0.4 is 9.47 Å². The van der Waals surface area contributed by atoms with Gasteiger partial charge in [-0.2, -0.15) is 8.78 Å². The number of alkyl halides is 1. The van der Waals surface area contributed by atoms with E-state index in [2.05, 4.69) is 0 Å². The molecule has 0 aliphatic carbocycles. The molecule has 0 saturated carbocycles. The van der Waals surface area contributed by atoms with E-state index in [0.717, 1.165) is 0 Å². The van der Waals surface area contributed by atoms with Crippen molar-refractivity contribution in [3.63, 3.8) is 0 Å². The predicted octanol–water partition coefficient (Wildman–Crippen LogP) is 3.66. The second-order valence-electron chi connectivity index (χ2n) is 3.43. The van der Waals surface area contributed by atoms with E-state index in [1.807, 2.05) is 19.1 Å². The van der Waals surface area contributed by atoms with Gasteiger partial charge in [0, 0.05) is 0 Å². The van der Waals surface area contributed by atoms with E-state index >= 15 is 0 Å². The maximum atomic E-state index is 13.5. The molecular weight excluding hydrogens is 245 g/mol. The van der Waals surface area contributed by atoms with Crippen LogP contribution in [-0.4, -0.2) is 19.9 Å². The molecule has 1 aromatic carbocycles. The van der Waals surface area contributed by atoms with Gasteiger partial charge in [-0.1, -0.05) is 12.2 Å². The Morgan fingerprint density at radius 1 is 1.06 bits per heavy atom. The number of hydrogen-bond acceptors (Lipinski definition) is 2. The van der Waals surface area contributed by atoms with E-state index < -0.39 is 18.3 Å². The summed E-state index contributed by atoms with van der Waals surface area (Å²) in [7, 11) is 0. The van der Waals surface area contributed by atoms with Gasteiger partial charge in [-0.3, -0.25) is 0 Å². The highest BCUT2D eigenvalue weighted by molar-refractivity contribution is 5.35. The van der Waals surface area contributed by atoms with Crippen molar-refractivity contribution in [1.82, 2.24) is 0 Å². The minimum Gasteiger partial charge on any atom is -0.490 e. The minimum absolute atomic E-state index is 0.176. The number of allylic oxidation sites excluding steroid dienone is 1. The third kappa shape index (κ3) is 3.98. The van der Waals surface area contributed by atoms with Gasteiger partial charge in [-0.25, -0.2) is 4.39 Å². The van der Waals surface area contributed by atoms with Gasteiger partial charge < -0.3 is 9.47 Å². The topological polar surface area (TPSA) is 18.5 Å². The van der Waals surface area contributed by atoms with Crippen LogP contribution >= 0.6 is 0 Å². The second-order valence-corrected chi connectivity index (χ2v) is 3.43. The van der Waals surface area contributed by atoms with Crippen molar-refractivity contribution >= 4 is 0 Å². The highest BCUT2D eigenvalue weighted by Crippen LogP contribution is 2.27. The minimum atomic E-state index is -1.16. The van der Waals surface area contributed by atoms with E-state index in [1.54, 1.807) is 0 Å². The summed E-state index contributed by atoms with van der Waals surface area (Å²) in [5.74, 6) is -2.77. The van der Waals surface area contributed by atoms with E-state index in [1.165, 1.54) is 12.1 Å². The summed E-state index contributed by atoms with van der Waals surface area (Å²) in [6, 6.07) is 2.49. The van der Waals surface area contributed by atoms with Crippen molar-refractivity contribution in [2.24, 2.45) is 0 Å². The van der Waals surface area contributed by atoms with Crippen LogP contribution in [0.1, 0.15) is 13.3 Å². The zero-order valence-corrected chi connectivity index (χ0v) is 10.1. The van der Waals surface area contributed by atoms with Gasteiger partial charge in [-0.05, 0) is 25.5 Å². The van der Waals surface area contributed by atoms with Crippen LogP contribution in [0, 0.1) is 11.6 Å². The van der Waals surface area contributed by atoms with E-state index in [4.69, 9.17) is 9.47 Å². The smallest absolute Gasteiger partial charge is 0.204 e. The molecule has 0 fully saturated rings. The molecule has 1 aromatic rings. The molecule has 0 aromatic heterocycles. The van der Waals surface area contributed by atoms with Crippen LogP contribution in [-0.2, 0) is 0 Å². The average Bonchev–Trinajstić information content (AvgIpc) is 2.38. The number of ether oxygens (including phenoxy) is 2. The van der Waals surface area contributed by atoms with Crippen molar-refractivity contribution < 1.29 is 22.6 Å². The first-order valence-corrected chi connectivity index (χ1v) is 5.61. The molecule has 0 saturated heterocycles. The Labute approximate surface area is 104 Å². The highest BCUT2D eigenvalue weighted by atomic mass is 19.2. The molecule has 0 aliphatic rings. The maximum Gasteiger partial charge on any atom is 0.204 e. The van der Waals surface area contributed by atoms with Gasteiger partial charge in [0.15, 0.2) is 11.5 Å². The van der Waals surface area contributed by atoms with Crippen molar-refractivity contribution in [3.8, 4) is 11.5 Å². The van der Waals surface area contributed by atoms with Crippen molar-refractivity contribution in [2.45, 2.75) is 13.3 Å². The number of rotatable bonds is 7. The third-order valence-corrected chi connectivity index (χ3v) is 2.12. The molecule has 0 atom stereocenters. The van der Waals surface area contributed by atoms with Crippen LogP contribution in [0.4, 0.5) is 13.2 Å². The molecule has 0 aliphatic heterocycles. The summed E-state index contributed by atoms with van der Waals surface area (Å²) in [5.41, 5.74) is 0. The summed E-state index contributed by atoms with van der Waals surface area (Å²) >= 11 is 0. The number of hydrogen-bond donors (Lipinski definition) is 0. The standard InChI is InChI=1S/C13H15F3O2/c1-2-3-4-8-17-10-5-6-11(18-9-7-14)13(16)12(10)15/h2-3,5-6H,4,7-9H2,1H3/b3-2-. The second kappa shape index (κ2) is 7.63. The van der Waals surface area contributed by atoms with Gasteiger partial charge in [0.05, 0.1) is 6.61 Å². The quantitative estimate of drug-likeness (QED) is 0.550. The van der Waals surface area contributed by atoms with Crippen LogP contribution in [0.25, 0.3) is 0 Å². The van der Waals surface area contributed by atoms with Gasteiger partial charge >= 0.3 is 0 Å². The van der Waals surface area contributed by atoms with Crippen LogP contribution in [0.5, 0.6) is 11.5 Å². The normalized spacial score (nSPS) is 10.9. The van der Waals surface area contributed by atoms with E-state index in [-0.39, 0.29) is 24.7 Å². The lowest BCUT2D eigenvalue weighted by atomic mass is 10.3. The first kappa shape index (κ1) is 14.4. The molecule has 18 heavy (non-hydrogen) atoms. The molecule has 5 heteroatoms. The Morgan fingerprint density at radius 3 is 2.11 bits per heavy atom. The Kier molecular flexibility index (Phi) is 6.11. The molecule has 0 amide bonds. The molecular formula is C13H15F3O2. The van der Waals surface area contributed by atoms with Crippen molar-refractivity contribution in [2.75, 3.05) is 19.9 Å². The summed E-state index contributed by atoms with van der Waals surface area (Å²) in [4.78, 5) is 0. The Balaban J connectivity index is 2.68. The lowest BCUT2D eigenvalue weighted by molar-refractivity contribution is 0.253. The molecule has 0 spiro atoms. The van der Waals surface area contributed by atoms with Crippen LogP contribution in [0.2, 0.25) is 0 Å². The fraction of sp³-hybridized carbons (Fsp3) is 0.385. The Bertz CT molecular complexity index is 405. The molecule has 2 nitrogen and oxygen atoms in total. The monoisotopic (exact) mass is 260 g/mol. The zero-order chi connectivity index (χ0) is 13.4. The fourth-order valence-electron chi connectivity index (χ4n) is 1.29. The molecule has 0 unspecified atom stereocenters. The third-order valence-electron chi connectivity index (χ3n) is 2.12. The highest BCUT2D eigenvalue weighted by Gasteiger charge is 2.15. The van der Waals surface area contributed by atoms with Crippen molar-refractivity contribution in [3.05, 3.63) is 35.9 Å². The predicted molar refractivity (Wildman–Crippen MR) is 62.8 cm³/mol. The van der Waals surface area contributed by atoms with Gasteiger partial charge in [0.2, 0.25) is 11.6 Å². The van der Waals surface area contributed by atoms with Gasteiger partial charge in [0.25, 0.3) is 0 Å². The SMILES string of the molecule is C/C=C\CCOc1ccc(OCCF)c(F)c1F. The molecule has 0 bridgehead atoms. The Hall–Kier alpha value is -1.65. The van der Waals surface area contributed by atoms with Crippen LogP contribution in [0.15, 0.2) is 24.3 Å². The fourth-order valence-corrected chi connectivity index (χ4v) is 1.29. The first-order chi connectivity index (χ1) is 8.70. The maximum absolute atomic E-state index is 13.5. The number of benzene rings is 1. The number of halogens is 3. The van der Waals surface area contributed by atoms with E-state index in [9.17, 15) is 13.2 Å². The molecule has 0 N–H and O–H groups in total. The van der Waals surface area contributed by atoms with Crippen LogP contribution in [0.3, 0.4) is 0 Å². The summed E-state index contributed by atoms with van der Waals surface area (Å²) < 4.78 is 48.6.